The molecule has 1 fully saturated rings. The summed E-state index contributed by atoms with van der Waals surface area (Å²) in [6, 6.07) is 4.68. The summed E-state index contributed by atoms with van der Waals surface area (Å²) in [5, 5.41) is 6.71. The molecule has 2 heterocycles. The van der Waals surface area contributed by atoms with Gasteiger partial charge in [0.25, 0.3) is 0 Å². The smallest absolute Gasteiger partial charge is 0.356 e. The lowest BCUT2D eigenvalue weighted by atomic mass is 9.98. The van der Waals surface area contributed by atoms with Gasteiger partial charge in [-0.25, -0.2) is 0 Å². The third-order valence-electron chi connectivity index (χ3n) is 4.54. The molecular weight excluding hydrogens is 361 g/mol. The van der Waals surface area contributed by atoms with Crippen molar-refractivity contribution in [2.75, 3.05) is 19.6 Å². The van der Waals surface area contributed by atoms with E-state index in [1.807, 2.05) is 0 Å². The van der Waals surface area contributed by atoms with Crippen molar-refractivity contribution in [3.8, 4) is 11.4 Å². The van der Waals surface area contributed by atoms with Gasteiger partial charge < -0.3 is 9.84 Å². The van der Waals surface area contributed by atoms with Gasteiger partial charge in [0, 0.05) is 25.6 Å². The number of hydrogen-bond acceptors (Lipinski definition) is 5. The van der Waals surface area contributed by atoms with Crippen LogP contribution in [0.25, 0.3) is 11.4 Å². The fourth-order valence-corrected chi connectivity index (χ4v) is 3.19. The number of nitrogens with one attached hydrogen (secondary N) is 1. The molecule has 1 amide bonds. The molecule has 9 heteroatoms. The molecule has 0 saturated carbocycles. The van der Waals surface area contributed by atoms with Gasteiger partial charge >= 0.3 is 6.18 Å². The van der Waals surface area contributed by atoms with Crippen LogP contribution in [0.3, 0.4) is 0 Å². The molecule has 1 aliphatic rings. The van der Waals surface area contributed by atoms with E-state index in [0.717, 1.165) is 38.1 Å². The van der Waals surface area contributed by atoms with Gasteiger partial charge in [0.05, 0.1) is 12.1 Å². The molecule has 27 heavy (non-hydrogen) atoms. The summed E-state index contributed by atoms with van der Waals surface area (Å²) in [5.41, 5.74) is -0.242. The van der Waals surface area contributed by atoms with Crippen LogP contribution in [0.5, 0.6) is 0 Å². The number of carbonyl (C=O) groups excluding carboxylic acids is 1. The average molecular weight is 382 g/mol. The summed E-state index contributed by atoms with van der Waals surface area (Å²) < 4.78 is 43.2. The monoisotopic (exact) mass is 382 g/mol. The van der Waals surface area contributed by atoms with Crippen LogP contribution in [0, 0.1) is 5.92 Å². The fourth-order valence-electron chi connectivity index (χ4n) is 3.19. The second-order valence-electron chi connectivity index (χ2n) is 6.77. The van der Waals surface area contributed by atoms with E-state index in [0.29, 0.717) is 30.5 Å². The molecule has 1 aromatic carbocycles. The Morgan fingerprint density at radius 3 is 2.74 bits per heavy atom. The molecule has 3 rings (SSSR count). The topological polar surface area (TPSA) is 71.3 Å². The van der Waals surface area contributed by atoms with Crippen LogP contribution < -0.4 is 5.32 Å². The van der Waals surface area contributed by atoms with Gasteiger partial charge in [-0.2, -0.15) is 18.2 Å². The lowest BCUT2D eigenvalue weighted by molar-refractivity contribution is -0.137. The molecule has 146 valence electrons. The number of alkyl halides is 3. The number of carbonyl (C=O) groups is 1. The molecule has 1 saturated heterocycles. The first-order valence-electron chi connectivity index (χ1n) is 8.78. The minimum absolute atomic E-state index is 0.0368. The molecular formula is C18H21F3N4O2. The predicted octanol–water partition coefficient (Wildman–Crippen LogP) is 3.10. The van der Waals surface area contributed by atoms with Gasteiger partial charge in [-0.05, 0) is 37.4 Å². The van der Waals surface area contributed by atoms with Gasteiger partial charge in [0.15, 0.2) is 0 Å². The molecule has 2 aromatic rings. The highest BCUT2D eigenvalue weighted by Gasteiger charge is 2.30. The lowest BCUT2D eigenvalue weighted by Crippen LogP contribution is -2.40. The van der Waals surface area contributed by atoms with Gasteiger partial charge in [-0.3, -0.25) is 9.69 Å². The number of halogens is 3. The third kappa shape index (κ3) is 5.29. The van der Waals surface area contributed by atoms with E-state index in [4.69, 9.17) is 4.52 Å². The Kier molecular flexibility index (Phi) is 5.79. The molecule has 6 nitrogen and oxygen atoms in total. The maximum atomic E-state index is 12.6. The number of amides is 1. The molecule has 0 spiro atoms. The Hall–Kier alpha value is -2.42. The Bertz CT molecular complexity index is 774. The molecule has 1 N–H and O–H groups in total. The first-order valence-corrected chi connectivity index (χ1v) is 8.78. The van der Waals surface area contributed by atoms with E-state index >= 15 is 0 Å². The van der Waals surface area contributed by atoms with Gasteiger partial charge in [-0.15, -0.1) is 0 Å². The number of rotatable bonds is 5. The lowest BCUT2D eigenvalue weighted by Gasteiger charge is -2.31. The summed E-state index contributed by atoms with van der Waals surface area (Å²) in [6.07, 6.45) is -2.30. The van der Waals surface area contributed by atoms with E-state index in [2.05, 4.69) is 20.4 Å². The SMILES string of the molecule is CC(=O)NC[C@H]1CCCN(Cc2nc(-c3ccc(C(F)(F)F)cc3)no2)C1. The van der Waals surface area contributed by atoms with E-state index < -0.39 is 11.7 Å². The number of aromatic nitrogens is 2. The van der Waals surface area contributed by atoms with Crippen LogP contribution in [-0.4, -0.2) is 40.6 Å². The fraction of sp³-hybridized carbons (Fsp3) is 0.500. The minimum atomic E-state index is -4.37. The zero-order valence-corrected chi connectivity index (χ0v) is 14.9. The number of benzene rings is 1. The number of hydrogen-bond donors (Lipinski definition) is 1. The molecule has 0 bridgehead atoms. The zero-order valence-electron chi connectivity index (χ0n) is 14.9. The largest absolute Gasteiger partial charge is 0.416 e. The van der Waals surface area contributed by atoms with Crippen molar-refractivity contribution in [3.05, 3.63) is 35.7 Å². The molecule has 0 unspecified atom stereocenters. The quantitative estimate of drug-likeness (QED) is 0.860. The van der Waals surface area contributed by atoms with Crippen LogP contribution in [0.2, 0.25) is 0 Å². The van der Waals surface area contributed by atoms with Crippen molar-refractivity contribution >= 4 is 5.91 Å². The van der Waals surface area contributed by atoms with Crippen molar-refractivity contribution in [2.45, 2.75) is 32.5 Å². The van der Waals surface area contributed by atoms with Crippen LogP contribution in [0.1, 0.15) is 31.2 Å². The molecule has 0 radical (unpaired) electrons. The van der Waals surface area contributed by atoms with Crippen molar-refractivity contribution in [1.29, 1.82) is 0 Å². The number of likely N-dealkylation sites (tertiary alicyclic amines) is 1. The summed E-state index contributed by atoms with van der Waals surface area (Å²) in [4.78, 5) is 17.5. The Balaban J connectivity index is 1.60. The van der Waals surface area contributed by atoms with Gasteiger partial charge in [0.2, 0.25) is 17.6 Å². The van der Waals surface area contributed by atoms with Gasteiger partial charge in [-0.1, -0.05) is 17.3 Å². The first kappa shape index (κ1) is 19.3. The highest BCUT2D eigenvalue weighted by Crippen LogP contribution is 2.30. The Morgan fingerprint density at radius 1 is 1.33 bits per heavy atom. The molecule has 0 aliphatic carbocycles. The second kappa shape index (κ2) is 8.08. The van der Waals surface area contributed by atoms with Crippen molar-refractivity contribution in [3.63, 3.8) is 0 Å². The van der Waals surface area contributed by atoms with E-state index in [1.54, 1.807) is 0 Å². The number of nitrogens with zero attached hydrogens (tertiary/aromatic N) is 3. The van der Waals surface area contributed by atoms with Crippen LogP contribution in [-0.2, 0) is 17.5 Å². The zero-order chi connectivity index (χ0) is 19.4. The van der Waals surface area contributed by atoms with Crippen molar-refractivity contribution in [1.82, 2.24) is 20.4 Å². The molecule has 1 aromatic heterocycles. The van der Waals surface area contributed by atoms with E-state index in [-0.39, 0.29) is 11.7 Å². The van der Waals surface area contributed by atoms with Crippen molar-refractivity contribution < 1.29 is 22.5 Å². The van der Waals surface area contributed by atoms with Crippen LogP contribution in [0.4, 0.5) is 13.2 Å². The van der Waals surface area contributed by atoms with Crippen molar-refractivity contribution in [2.24, 2.45) is 5.92 Å². The summed E-state index contributed by atoms with van der Waals surface area (Å²) >= 11 is 0. The number of piperidine rings is 1. The predicted molar refractivity (Wildman–Crippen MR) is 91.4 cm³/mol. The van der Waals surface area contributed by atoms with Gasteiger partial charge in [0.1, 0.15) is 0 Å². The summed E-state index contributed by atoms with van der Waals surface area (Å²) in [6.45, 7) is 4.34. The maximum Gasteiger partial charge on any atom is 0.416 e. The first-order chi connectivity index (χ1) is 12.8. The minimum Gasteiger partial charge on any atom is -0.356 e. The van der Waals surface area contributed by atoms with E-state index in [9.17, 15) is 18.0 Å². The average Bonchev–Trinajstić information content (AvgIpc) is 3.08. The van der Waals surface area contributed by atoms with Crippen LogP contribution >= 0.6 is 0 Å². The second-order valence-corrected chi connectivity index (χ2v) is 6.77. The maximum absolute atomic E-state index is 12.6. The standard InChI is InChI=1S/C18H21F3N4O2/c1-12(26)22-9-13-3-2-8-25(10-13)11-16-23-17(24-27-16)14-4-6-15(7-5-14)18(19,20)21/h4-7,13H,2-3,8-11H2,1H3,(H,22,26)/t13-/m1/s1. The van der Waals surface area contributed by atoms with E-state index in [1.165, 1.54) is 19.1 Å². The normalized spacial score (nSPS) is 18.4. The Labute approximate surface area is 154 Å². The Morgan fingerprint density at radius 2 is 2.07 bits per heavy atom. The summed E-state index contributed by atoms with van der Waals surface area (Å²) in [5.74, 6) is 1.03. The van der Waals surface area contributed by atoms with Crippen LogP contribution in [0.15, 0.2) is 28.8 Å². The third-order valence-corrected chi connectivity index (χ3v) is 4.54. The highest BCUT2D eigenvalue weighted by molar-refractivity contribution is 5.72. The molecule has 1 atom stereocenters. The highest BCUT2D eigenvalue weighted by atomic mass is 19.4. The molecule has 1 aliphatic heterocycles. The summed E-state index contributed by atoms with van der Waals surface area (Å²) in [7, 11) is 0.